The van der Waals surface area contributed by atoms with Gasteiger partial charge < -0.3 is 9.64 Å². The highest BCUT2D eigenvalue weighted by Crippen LogP contribution is 2.54. The van der Waals surface area contributed by atoms with Crippen LogP contribution in [0.2, 0.25) is 10.0 Å². The van der Waals surface area contributed by atoms with E-state index in [4.69, 9.17) is 27.9 Å². The number of carbonyl (C=O) groups is 1. The molecular formula is C17H16BrCl2N2O2P. The Morgan fingerprint density at radius 2 is 1.84 bits per heavy atom. The van der Waals surface area contributed by atoms with E-state index in [-0.39, 0.29) is 0 Å². The van der Waals surface area contributed by atoms with Crippen LogP contribution in [0, 0.1) is 0 Å². The van der Waals surface area contributed by atoms with Gasteiger partial charge in [0.15, 0.2) is 0 Å². The predicted molar refractivity (Wildman–Crippen MR) is 110 cm³/mol. The van der Waals surface area contributed by atoms with Crippen molar-refractivity contribution in [1.29, 1.82) is 0 Å². The molecule has 1 unspecified atom stereocenters. The third-order valence-electron chi connectivity index (χ3n) is 3.96. The number of fused-ring (bicyclic) bond motifs is 1. The second-order valence-electron chi connectivity index (χ2n) is 5.36. The summed E-state index contributed by atoms with van der Waals surface area (Å²) in [7, 11) is 0. The topological polar surface area (TPSA) is 32.8 Å². The highest BCUT2D eigenvalue weighted by Gasteiger charge is 2.35. The number of hydrogen-bond acceptors (Lipinski definition) is 3. The molecule has 0 spiro atoms. The zero-order valence-electron chi connectivity index (χ0n) is 13.7. The molecule has 132 valence electrons. The maximum absolute atomic E-state index is 12.6. The lowest BCUT2D eigenvalue weighted by Gasteiger charge is -2.33. The Bertz CT molecular complexity index is 817. The SMILES string of the molecule is CCN(CC)c1ccc2c(c1)OC(=O)N(c1ccc(Cl)c(Cl)c1)P2Br. The number of ether oxygens (including phenoxy) is 1. The van der Waals surface area contributed by atoms with E-state index in [1.807, 2.05) is 12.1 Å². The number of rotatable bonds is 4. The molecule has 0 fully saturated rings. The van der Waals surface area contributed by atoms with Crippen molar-refractivity contribution in [3.8, 4) is 5.75 Å². The van der Waals surface area contributed by atoms with Gasteiger partial charge in [-0.05, 0) is 59.7 Å². The van der Waals surface area contributed by atoms with Crippen molar-refractivity contribution in [2.24, 2.45) is 0 Å². The van der Waals surface area contributed by atoms with Gasteiger partial charge in [-0.3, -0.25) is 0 Å². The van der Waals surface area contributed by atoms with Gasteiger partial charge in [0.2, 0.25) is 0 Å². The third-order valence-corrected chi connectivity index (χ3v) is 8.31. The highest BCUT2D eigenvalue weighted by molar-refractivity contribution is 9.40. The Labute approximate surface area is 166 Å². The third kappa shape index (κ3) is 3.61. The molecule has 25 heavy (non-hydrogen) atoms. The summed E-state index contributed by atoms with van der Waals surface area (Å²) in [6.07, 6.45) is -0.439. The van der Waals surface area contributed by atoms with Crippen molar-refractivity contribution in [2.45, 2.75) is 13.8 Å². The lowest BCUT2D eigenvalue weighted by atomic mass is 10.2. The Morgan fingerprint density at radius 1 is 1.12 bits per heavy atom. The van der Waals surface area contributed by atoms with Gasteiger partial charge >= 0.3 is 6.09 Å². The molecule has 0 N–H and O–H groups in total. The molecule has 0 radical (unpaired) electrons. The molecule has 1 aliphatic heterocycles. The van der Waals surface area contributed by atoms with E-state index in [1.165, 1.54) is 0 Å². The standard InChI is InChI=1S/C17H16BrCl2N2O2P/c1-3-21(4-2)11-6-8-16-15(10-11)24-17(23)22(25(16)18)12-5-7-13(19)14(20)9-12/h5-10H,3-4H2,1-2H3. The summed E-state index contributed by atoms with van der Waals surface area (Å²) in [4.78, 5) is 14.8. The number of halogens is 3. The summed E-state index contributed by atoms with van der Waals surface area (Å²) in [6, 6.07) is 11.1. The zero-order chi connectivity index (χ0) is 18.1. The minimum atomic E-state index is -1.10. The second-order valence-corrected chi connectivity index (χ2v) is 9.59. The first-order valence-corrected chi connectivity index (χ1v) is 11.8. The molecule has 2 aromatic rings. The van der Waals surface area contributed by atoms with Gasteiger partial charge in [0.25, 0.3) is 0 Å². The van der Waals surface area contributed by atoms with Crippen LogP contribution in [0.25, 0.3) is 0 Å². The van der Waals surface area contributed by atoms with E-state index in [0.717, 1.165) is 24.1 Å². The van der Waals surface area contributed by atoms with Gasteiger partial charge in [-0.15, -0.1) is 0 Å². The Balaban J connectivity index is 1.98. The molecule has 0 aliphatic carbocycles. The first-order chi connectivity index (χ1) is 12.0. The van der Waals surface area contributed by atoms with E-state index in [2.05, 4.69) is 40.3 Å². The molecule has 1 amide bonds. The van der Waals surface area contributed by atoms with Gasteiger partial charge in [-0.25, -0.2) is 9.46 Å². The van der Waals surface area contributed by atoms with Crippen LogP contribution in [-0.2, 0) is 0 Å². The summed E-state index contributed by atoms with van der Waals surface area (Å²) >= 11 is 15.7. The van der Waals surface area contributed by atoms with Crippen LogP contribution in [-0.4, -0.2) is 19.2 Å². The molecule has 1 aliphatic rings. The van der Waals surface area contributed by atoms with Gasteiger partial charge in [-0.1, -0.05) is 23.2 Å². The molecule has 0 saturated carbocycles. The maximum Gasteiger partial charge on any atom is 0.424 e. The average Bonchev–Trinajstić information content (AvgIpc) is 2.59. The first kappa shape index (κ1) is 18.8. The first-order valence-electron chi connectivity index (χ1n) is 7.78. The molecule has 1 atom stereocenters. The summed E-state index contributed by atoms with van der Waals surface area (Å²) in [6.45, 7) is 4.87. The number of nitrogens with zero attached hydrogens (tertiary/aromatic N) is 2. The van der Waals surface area contributed by atoms with Crippen molar-refractivity contribution in [3.05, 3.63) is 46.4 Å². The summed E-state index contributed by atoms with van der Waals surface area (Å²) in [5.74, 6) is 0.591. The van der Waals surface area contributed by atoms with Gasteiger partial charge in [-0.2, -0.15) is 0 Å². The van der Waals surface area contributed by atoms with Crippen molar-refractivity contribution >= 4 is 68.2 Å². The fraction of sp³-hybridized carbons (Fsp3) is 0.235. The smallest absolute Gasteiger partial charge is 0.409 e. The Morgan fingerprint density at radius 3 is 2.48 bits per heavy atom. The van der Waals surface area contributed by atoms with Gasteiger partial charge in [0.1, 0.15) is 12.5 Å². The quantitative estimate of drug-likeness (QED) is 0.509. The monoisotopic (exact) mass is 460 g/mol. The van der Waals surface area contributed by atoms with Gasteiger partial charge in [0.05, 0.1) is 21.0 Å². The summed E-state index contributed by atoms with van der Waals surface area (Å²) in [5.41, 5.74) is 1.68. The highest BCUT2D eigenvalue weighted by atomic mass is 79.9. The number of anilines is 2. The van der Waals surface area contributed by atoms with E-state index in [9.17, 15) is 4.79 Å². The van der Waals surface area contributed by atoms with E-state index in [1.54, 1.807) is 22.9 Å². The lowest BCUT2D eigenvalue weighted by Crippen LogP contribution is -2.36. The van der Waals surface area contributed by atoms with Crippen LogP contribution in [0.1, 0.15) is 13.8 Å². The van der Waals surface area contributed by atoms with E-state index >= 15 is 0 Å². The Kier molecular flexibility index (Phi) is 5.79. The van der Waals surface area contributed by atoms with E-state index < -0.39 is 12.9 Å². The number of hydrogen-bond donors (Lipinski definition) is 0. The zero-order valence-corrected chi connectivity index (χ0v) is 17.7. The Hall–Kier alpha value is -1.000. The predicted octanol–water partition coefficient (Wildman–Crippen LogP) is 6.19. The number of carbonyl (C=O) groups excluding carboxylic acids is 1. The molecule has 8 heteroatoms. The lowest BCUT2D eigenvalue weighted by molar-refractivity contribution is 0.211. The van der Waals surface area contributed by atoms with Crippen molar-refractivity contribution in [2.75, 3.05) is 22.7 Å². The maximum atomic E-state index is 12.6. The molecule has 1 heterocycles. The fourth-order valence-corrected chi connectivity index (χ4v) is 5.99. The van der Waals surface area contributed by atoms with Crippen LogP contribution in [0.15, 0.2) is 36.4 Å². The molecular weight excluding hydrogens is 446 g/mol. The minimum Gasteiger partial charge on any atom is -0.409 e. The fourth-order valence-electron chi connectivity index (χ4n) is 2.66. The van der Waals surface area contributed by atoms with Crippen molar-refractivity contribution in [1.82, 2.24) is 0 Å². The van der Waals surface area contributed by atoms with Crippen LogP contribution in [0.4, 0.5) is 16.2 Å². The normalized spacial score (nSPS) is 16.4. The average molecular weight is 462 g/mol. The van der Waals surface area contributed by atoms with E-state index in [0.29, 0.717) is 21.5 Å². The molecule has 0 aromatic heterocycles. The molecule has 0 bridgehead atoms. The largest absolute Gasteiger partial charge is 0.424 e. The van der Waals surface area contributed by atoms with Crippen LogP contribution in [0.5, 0.6) is 5.75 Å². The second kappa shape index (κ2) is 7.71. The number of amides is 1. The van der Waals surface area contributed by atoms with Gasteiger partial charge in [0, 0.05) is 24.8 Å². The minimum absolute atomic E-state index is 0.394. The molecule has 4 nitrogen and oxygen atoms in total. The van der Waals surface area contributed by atoms with Crippen LogP contribution in [0.3, 0.4) is 0 Å². The van der Waals surface area contributed by atoms with Crippen molar-refractivity contribution < 1.29 is 9.53 Å². The summed E-state index contributed by atoms with van der Waals surface area (Å²) < 4.78 is 7.16. The van der Waals surface area contributed by atoms with Crippen molar-refractivity contribution in [3.63, 3.8) is 0 Å². The summed E-state index contributed by atoms with van der Waals surface area (Å²) in [5, 5.41) is 1.78. The molecule has 0 saturated heterocycles. The molecule has 3 rings (SSSR count). The molecule has 2 aromatic carbocycles. The number of benzene rings is 2. The van der Waals surface area contributed by atoms with Crippen LogP contribution < -0.4 is 19.6 Å². The van der Waals surface area contributed by atoms with Crippen LogP contribution >= 0.6 is 45.5 Å².